The van der Waals surface area contributed by atoms with Crippen LogP contribution in [0.25, 0.3) is 0 Å². The van der Waals surface area contributed by atoms with Gasteiger partial charge in [-0.1, -0.05) is 41.9 Å². The molecule has 2 rings (SSSR count). The number of nitrogens with one attached hydrogen (secondary N) is 1. The van der Waals surface area contributed by atoms with E-state index in [1.807, 2.05) is 51.1 Å². The van der Waals surface area contributed by atoms with Gasteiger partial charge in [0.25, 0.3) is 0 Å². The third-order valence-corrected chi connectivity index (χ3v) is 6.05. The second kappa shape index (κ2) is 10.4. The molecule has 0 fully saturated rings. The molecule has 0 spiro atoms. The van der Waals surface area contributed by atoms with Crippen LogP contribution in [-0.2, 0) is 26.2 Å². The molecule has 2 amide bonds. The molecule has 0 aliphatic heterocycles. The maximum atomic E-state index is 13.4. The highest BCUT2D eigenvalue weighted by Crippen LogP contribution is 2.21. The van der Waals surface area contributed by atoms with Gasteiger partial charge in [0.15, 0.2) is 0 Å². The van der Waals surface area contributed by atoms with E-state index in [2.05, 4.69) is 5.32 Å². The van der Waals surface area contributed by atoms with E-state index in [1.54, 1.807) is 19.1 Å². The maximum absolute atomic E-state index is 13.4. The van der Waals surface area contributed by atoms with Gasteiger partial charge in [0.05, 0.1) is 11.9 Å². The van der Waals surface area contributed by atoms with Crippen LogP contribution in [0.2, 0.25) is 5.02 Å². The number of rotatable bonds is 8. The van der Waals surface area contributed by atoms with Crippen molar-refractivity contribution in [1.82, 2.24) is 10.2 Å². The number of nitrogens with zero attached hydrogens (tertiary/aromatic N) is 2. The van der Waals surface area contributed by atoms with Crippen molar-refractivity contribution in [2.75, 3.05) is 17.1 Å². The molecule has 0 heterocycles. The highest BCUT2D eigenvalue weighted by atomic mass is 35.5. The molecule has 0 saturated carbocycles. The number of carbonyl (C=O) groups excluding carboxylic acids is 2. The number of benzene rings is 2. The van der Waals surface area contributed by atoms with Gasteiger partial charge in [-0.25, -0.2) is 8.42 Å². The van der Waals surface area contributed by atoms with E-state index in [4.69, 9.17) is 11.6 Å². The van der Waals surface area contributed by atoms with Crippen molar-refractivity contribution in [3.8, 4) is 0 Å². The first-order chi connectivity index (χ1) is 14.8. The highest BCUT2D eigenvalue weighted by molar-refractivity contribution is 7.92. The Balaban J connectivity index is 2.36. The third-order valence-electron chi connectivity index (χ3n) is 4.66. The lowest BCUT2D eigenvalue weighted by atomic mass is 10.1. The minimum atomic E-state index is -3.76. The predicted molar refractivity (Wildman–Crippen MR) is 128 cm³/mol. The lowest BCUT2D eigenvalue weighted by molar-refractivity contribution is -0.140. The zero-order valence-corrected chi connectivity index (χ0v) is 20.6. The first-order valence-electron chi connectivity index (χ1n) is 10.2. The van der Waals surface area contributed by atoms with Crippen LogP contribution >= 0.6 is 11.6 Å². The van der Waals surface area contributed by atoms with E-state index < -0.39 is 34.1 Å². The Morgan fingerprint density at radius 2 is 1.59 bits per heavy atom. The van der Waals surface area contributed by atoms with Crippen molar-refractivity contribution in [2.45, 2.75) is 45.8 Å². The van der Waals surface area contributed by atoms with Crippen molar-refractivity contribution in [3.05, 3.63) is 65.2 Å². The van der Waals surface area contributed by atoms with Crippen LogP contribution in [-0.4, -0.2) is 49.5 Å². The minimum Gasteiger partial charge on any atom is -0.350 e. The van der Waals surface area contributed by atoms with Gasteiger partial charge in [-0.15, -0.1) is 0 Å². The second-order valence-electron chi connectivity index (χ2n) is 8.67. The number of hydrogen-bond acceptors (Lipinski definition) is 4. The van der Waals surface area contributed by atoms with E-state index >= 15 is 0 Å². The van der Waals surface area contributed by atoms with Gasteiger partial charge in [-0.2, -0.15) is 0 Å². The molecule has 174 valence electrons. The minimum absolute atomic E-state index is 0.163. The quantitative estimate of drug-likeness (QED) is 0.628. The van der Waals surface area contributed by atoms with Crippen LogP contribution in [0.5, 0.6) is 0 Å². The fourth-order valence-corrected chi connectivity index (χ4v) is 4.03. The molecular weight excluding hydrogens is 450 g/mol. The van der Waals surface area contributed by atoms with Gasteiger partial charge in [-0.05, 0) is 57.5 Å². The summed E-state index contributed by atoms with van der Waals surface area (Å²) < 4.78 is 25.9. The van der Waals surface area contributed by atoms with Crippen LogP contribution in [0, 0.1) is 0 Å². The first-order valence-corrected chi connectivity index (χ1v) is 12.4. The number of hydrogen-bond donors (Lipinski definition) is 1. The molecule has 7 nitrogen and oxygen atoms in total. The number of carbonyl (C=O) groups is 2. The van der Waals surface area contributed by atoms with Crippen LogP contribution in [0.3, 0.4) is 0 Å². The summed E-state index contributed by atoms with van der Waals surface area (Å²) in [6.07, 6.45) is 1.03. The Kier molecular flexibility index (Phi) is 8.31. The molecule has 0 bridgehead atoms. The number of halogens is 1. The fourth-order valence-electron chi connectivity index (χ4n) is 3.06. The largest absolute Gasteiger partial charge is 0.350 e. The highest BCUT2D eigenvalue weighted by Gasteiger charge is 2.31. The topological polar surface area (TPSA) is 86.8 Å². The van der Waals surface area contributed by atoms with Gasteiger partial charge in [0.1, 0.15) is 12.6 Å². The standard InChI is InChI=1S/C23H30ClN3O4S/c1-17(22(29)25-23(2,3)4)26(15-18-9-7-6-8-10-18)21(28)16-27(32(5,30)31)20-13-11-19(24)12-14-20/h6-14,17H,15-16H2,1-5H3,(H,25,29). The zero-order valence-electron chi connectivity index (χ0n) is 19.0. The Labute approximate surface area is 195 Å². The smallest absolute Gasteiger partial charge is 0.244 e. The summed E-state index contributed by atoms with van der Waals surface area (Å²) in [5.74, 6) is -0.815. The normalized spacial score (nSPS) is 12.7. The fraction of sp³-hybridized carbons (Fsp3) is 0.391. The lowest BCUT2D eigenvalue weighted by Gasteiger charge is -2.33. The molecule has 0 aromatic heterocycles. The van der Waals surface area contributed by atoms with Crippen LogP contribution in [0.1, 0.15) is 33.3 Å². The Morgan fingerprint density at radius 3 is 2.09 bits per heavy atom. The summed E-state index contributed by atoms with van der Waals surface area (Å²) in [4.78, 5) is 27.6. The maximum Gasteiger partial charge on any atom is 0.244 e. The summed E-state index contributed by atoms with van der Waals surface area (Å²) in [5, 5.41) is 3.33. The summed E-state index contributed by atoms with van der Waals surface area (Å²) in [6.45, 7) is 6.92. The zero-order chi connectivity index (χ0) is 24.1. The average molecular weight is 480 g/mol. The molecule has 0 radical (unpaired) electrons. The van der Waals surface area contributed by atoms with E-state index in [0.717, 1.165) is 16.1 Å². The molecule has 1 atom stereocenters. The van der Waals surface area contributed by atoms with Crippen LogP contribution < -0.4 is 9.62 Å². The molecule has 2 aromatic carbocycles. The summed E-state index contributed by atoms with van der Waals surface area (Å²) >= 11 is 5.92. The van der Waals surface area contributed by atoms with Crippen molar-refractivity contribution in [3.63, 3.8) is 0 Å². The lowest BCUT2D eigenvalue weighted by Crippen LogP contribution is -2.54. The number of amides is 2. The molecule has 0 aliphatic carbocycles. The molecule has 2 aromatic rings. The van der Waals surface area contributed by atoms with Crippen molar-refractivity contribution < 1.29 is 18.0 Å². The molecule has 1 unspecified atom stereocenters. The van der Waals surface area contributed by atoms with Gasteiger partial charge in [0, 0.05) is 17.1 Å². The van der Waals surface area contributed by atoms with Gasteiger partial charge in [-0.3, -0.25) is 13.9 Å². The average Bonchev–Trinajstić information content (AvgIpc) is 2.69. The third kappa shape index (κ3) is 7.53. The summed E-state index contributed by atoms with van der Waals surface area (Å²) in [7, 11) is -3.76. The Morgan fingerprint density at radius 1 is 1.03 bits per heavy atom. The van der Waals surface area contributed by atoms with Gasteiger partial charge < -0.3 is 10.2 Å². The van der Waals surface area contributed by atoms with E-state index in [9.17, 15) is 18.0 Å². The van der Waals surface area contributed by atoms with Crippen molar-refractivity contribution in [1.29, 1.82) is 0 Å². The predicted octanol–water partition coefficient (Wildman–Crippen LogP) is 3.44. The molecule has 9 heteroatoms. The summed E-state index contributed by atoms with van der Waals surface area (Å²) in [5.41, 5.74) is 0.667. The SMILES string of the molecule is CC(C(=O)NC(C)(C)C)N(Cc1ccccc1)C(=O)CN(c1ccc(Cl)cc1)S(C)(=O)=O. The molecular formula is C23H30ClN3O4S. The van der Waals surface area contributed by atoms with Crippen LogP contribution in [0.4, 0.5) is 5.69 Å². The number of sulfonamides is 1. The monoisotopic (exact) mass is 479 g/mol. The second-order valence-corrected chi connectivity index (χ2v) is 11.0. The van der Waals surface area contributed by atoms with E-state index in [1.165, 1.54) is 17.0 Å². The van der Waals surface area contributed by atoms with E-state index in [-0.39, 0.29) is 12.5 Å². The van der Waals surface area contributed by atoms with Crippen molar-refractivity contribution >= 4 is 39.1 Å². The van der Waals surface area contributed by atoms with Crippen LogP contribution in [0.15, 0.2) is 54.6 Å². The molecule has 1 N–H and O–H groups in total. The van der Waals surface area contributed by atoms with Gasteiger partial charge >= 0.3 is 0 Å². The van der Waals surface area contributed by atoms with Crippen molar-refractivity contribution in [2.24, 2.45) is 0 Å². The molecule has 0 saturated heterocycles. The molecule has 32 heavy (non-hydrogen) atoms. The van der Waals surface area contributed by atoms with E-state index in [0.29, 0.717) is 10.7 Å². The number of anilines is 1. The molecule has 0 aliphatic rings. The summed E-state index contributed by atoms with van der Waals surface area (Å²) in [6, 6.07) is 14.6. The first kappa shape index (κ1) is 25.7. The Bertz CT molecular complexity index is 1040. The Hall–Kier alpha value is -2.58. The van der Waals surface area contributed by atoms with Gasteiger partial charge in [0.2, 0.25) is 21.8 Å².